The largest absolute Gasteiger partial charge is 0.490 e. The molecule has 1 amide bonds. The van der Waals surface area contributed by atoms with Crippen molar-refractivity contribution >= 4 is 29.2 Å². The molecule has 2 atom stereocenters. The molecule has 2 aliphatic rings. The van der Waals surface area contributed by atoms with Crippen LogP contribution in [0.15, 0.2) is 29.9 Å². The fourth-order valence-electron chi connectivity index (χ4n) is 3.65. The fraction of sp³-hybridized carbons (Fsp3) is 0.444. The van der Waals surface area contributed by atoms with Crippen molar-refractivity contribution in [2.45, 2.75) is 38.0 Å². The summed E-state index contributed by atoms with van der Waals surface area (Å²) >= 11 is 1.55. The maximum atomic E-state index is 12.8. The van der Waals surface area contributed by atoms with E-state index in [1.807, 2.05) is 24.4 Å². The Balaban J connectivity index is 0.000000298. The van der Waals surface area contributed by atoms with Gasteiger partial charge in [-0.3, -0.25) is 4.79 Å². The summed E-state index contributed by atoms with van der Waals surface area (Å²) in [5.74, 6) is -1.78. The molecule has 0 spiro atoms. The van der Waals surface area contributed by atoms with E-state index in [2.05, 4.69) is 19.8 Å². The number of carboxylic acid groups (broad SMARTS) is 1. The Morgan fingerprint density at radius 2 is 1.79 bits per heavy atom. The van der Waals surface area contributed by atoms with Crippen LogP contribution in [0.25, 0.3) is 0 Å². The lowest BCUT2D eigenvalue weighted by molar-refractivity contribution is -0.192. The predicted molar refractivity (Wildman–Crippen MR) is 100.0 cm³/mol. The van der Waals surface area contributed by atoms with Gasteiger partial charge in [0, 0.05) is 25.5 Å². The van der Waals surface area contributed by atoms with Crippen molar-refractivity contribution in [2.24, 2.45) is 0 Å². The van der Waals surface area contributed by atoms with Crippen LogP contribution in [-0.2, 0) is 4.79 Å². The molecule has 0 bridgehead atoms. The van der Waals surface area contributed by atoms with Crippen LogP contribution >= 0.6 is 11.3 Å². The summed E-state index contributed by atoms with van der Waals surface area (Å²) in [6.07, 6.45) is 0.475. The van der Waals surface area contributed by atoms with E-state index in [1.165, 1.54) is 0 Å². The summed E-state index contributed by atoms with van der Waals surface area (Å²) in [7, 11) is 0. The van der Waals surface area contributed by atoms with Gasteiger partial charge in [-0.25, -0.2) is 14.8 Å². The van der Waals surface area contributed by atoms with Crippen molar-refractivity contribution < 1.29 is 27.9 Å². The zero-order valence-electron chi connectivity index (χ0n) is 15.5. The minimum Gasteiger partial charge on any atom is -0.475 e. The van der Waals surface area contributed by atoms with Crippen molar-refractivity contribution in [3.8, 4) is 0 Å². The van der Waals surface area contributed by atoms with Crippen LogP contribution in [0.4, 0.5) is 19.1 Å². The van der Waals surface area contributed by atoms with Gasteiger partial charge in [-0.15, -0.1) is 11.3 Å². The zero-order chi connectivity index (χ0) is 21.2. The molecule has 4 rings (SSSR count). The van der Waals surface area contributed by atoms with Gasteiger partial charge in [-0.2, -0.15) is 13.2 Å². The summed E-state index contributed by atoms with van der Waals surface area (Å²) in [5.41, 5.74) is 1.08. The van der Waals surface area contributed by atoms with E-state index in [4.69, 9.17) is 9.90 Å². The second-order valence-electron chi connectivity index (χ2n) is 6.69. The summed E-state index contributed by atoms with van der Waals surface area (Å²) < 4.78 is 31.7. The first-order valence-electron chi connectivity index (χ1n) is 8.89. The molecule has 2 saturated heterocycles. The number of aromatic nitrogens is 2. The third-order valence-corrected chi connectivity index (χ3v) is 5.95. The first-order valence-corrected chi connectivity index (χ1v) is 9.77. The minimum atomic E-state index is -5.08. The number of nitrogens with zero attached hydrogens (tertiary/aromatic N) is 4. The molecule has 0 radical (unpaired) electrons. The number of rotatable bonds is 2. The standard InChI is InChI=1S/C16H18N4OS.C2HF3O2/c1-11-5-10-22-14(11)15(21)19-8-3-13-12(19)4-9-20(13)16-17-6-2-7-18-16;3-2(4,5)1(6)7/h2,5-7,10,12-13H,3-4,8-9H2,1H3;(H,6,7)/t12-,13+;/m1./s1. The van der Waals surface area contributed by atoms with Gasteiger partial charge in [-0.05, 0) is 42.8 Å². The topological polar surface area (TPSA) is 86.6 Å². The Bertz CT molecular complexity index is 875. The summed E-state index contributed by atoms with van der Waals surface area (Å²) in [6.45, 7) is 3.76. The molecule has 2 aromatic heterocycles. The lowest BCUT2D eigenvalue weighted by Crippen LogP contribution is -2.40. The Kier molecular flexibility index (Phi) is 6.06. The molecule has 2 fully saturated rings. The van der Waals surface area contributed by atoms with Crippen LogP contribution in [0.1, 0.15) is 28.1 Å². The molecular formula is C18H19F3N4O3S. The van der Waals surface area contributed by atoms with E-state index >= 15 is 0 Å². The summed E-state index contributed by atoms with van der Waals surface area (Å²) in [4.78, 5) is 35.6. The van der Waals surface area contributed by atoms with Crippen molar-refractivity contribution in [1.82, 2.24) is 14.9 Å². The van der Waals surface area contributed by atoms with Crippen molar-refractivity contribution in [2.75, 3.05) is 18.0 Å². The molecule has 0 saturated carbocycles. The molecule has 11 heteroatoms. The first kappa shape index (κ1) is 21.0. The van der Waals surface area contributed by atoms with E-state index in [0.717, 1.165) is 42.3 Å². The number of amides is 1. The number of thiophene rings is 1. The Labute approximate surface area is 168 Å². The number of fused-ring (bicyclic) bond motifs is 1. The zero-order valence-corrected chi connectivity index (χ0v) is 16.3. The summed E-state index contributed by atoms with van der Waals surface area (Å²) in [5, 5.41) is 9.12. The number of aliphatic carboxylic acids is 1. The number of aryl methyl sites for hydroxylation is 1. The highest BCUT2D eigenvalue weighted by molar-refractivity contribution is 7.12. The quantitative estimate of drug-likeness (QED) is 0.792. The van der Waals surface area contributed by atoms with Gasteiger partial charge < -0.3 is 14.9 Å². The number of alkyl halides is 3. The van der Waals surface area contributed by atoms with E-state index in [1.54, 1.807) is 23.7 Å². The first-order chi connectivity index (χ1) is 13.7. The van der Waals surface area contributed by atoms with Gasteiger partial charge in [0.15, 0.2) is 0 Å². The number of likely N-dealkylation sites (tertiary alicyclic amines) is 1. The van der Waals surface area contributed by atoms with Crippen LogP contribution in [0.5, 0.6) is 0 Å². The maximum Gasteiger partial charge on any atom is 0.490 e. The van der Waals surface area contributed by atoms with Gasteiger partial charge in [0.25, 0.3) is 5.91 Å². The second-order valence-corrected chi connectivity index (χ2v) is 7.60. The molecule has 4 heterocycles. The minimum absolute atomic E-state index is 0.191. The summed E-state index contributed by atoms with van der Waals surface area (Å²) in [6, 6.07) is 4.50. The Hall–Kier alpha value is -2.69. The number of carbonyl (C=O) groups is 2. The average molecular weight is 428 g/mol. The van der Waals surface area contributed by atoms with Crippen LogP contribution < -0.4 is 4.90 Å². The number of carboxylic acids is 1. The predicted octanol–water partition coefficient (Wildman–Crippen LogP) is 2.97. The van der Waals surface area contributed by atoms with E-state index in [0.29, 0.717) is 6.04 Å². The highest BCUT2D eigenvalue weighted by atomic mass is 32.1. The monoisotopic (exact) mass is 428 g/mol. The Morgan fingerprint density at radius 3 is 2.34 bits per heavy atom. The number of hydrogen-bond donors (Lipinski definition) is 1. The van der Waals surface area contributed by atoms with Crippen LogP contribution in [-0.4, -0.2) is 63.2 Å². The van der Waals surface area contributed by atoms with Crippen molar-refractivity contribution in [3.63, 3.8) is 0 Å². The fourth-order valence-corrected chi connectivity index (χ4v) is 4.53. The van der Waals surface area contributed by atoms with Gasteiger partial charge in [0.05, 0.1) is 17.0 Å². The van der Waals surface area contributed by atoms with E-state index < -0.39 is 12.1 Å². The second kappa shape index (κ2) is 8.36. The molecule has 0 aromatic carbocycles. The third-order valence-electron chi connectivity index (χ3n) is 4.95. The smallest absolute Gasteiger partial charge is 0.475 e. The maximum absolute atomic E-state index is 12.8. The van der Waals surface area contributed by atoms with Crippen LogP contribution in [0.3, 0.4) is 0 Å². The molecule has 2 aliphatic heterocycles. The third kappa shape index (κ3) is 4.50. The van der Waals surface area contributed by atoms with Crippen molar-refractivity contribution in [1.29, 1.82) is 0 Å². The molecule has 29 heavy (non-hydrogen) atoms. The van der Waals surface area contributed by atoms with Gasteiger partial charge in [0.1, 0.15) is 0 Å². The SMILES string of the molecule is Cc1ccsc1C(=O)N1CC[C@H]2[C@H]1CCN2c1ncccn1.O=C(O)C(F)(F)F. The highest BCUT2D eigenvalue weighted by Gasteiger charge is 2.45. The lowest BCUT2D eigenvalue weighted by Gasteiger charge is -2.25. The van der Waals surface area contributed by atoms with E-state index in [-0.39, 0.29) is 11.9 Å². The van der Waals surface area contributed by atoms with Crippen LogP contribution in [0.2, 0.25) is 0 Å². The number of hydrogen-bond acceptors (Lipinski definition) is 6. The number of halogens is 3. The number of carbonyl (C=O) groups excluding carboxylic acids is 1. The average Bonchev–Trinajstić information content (AvgIpc) is 3.37. The van der Waals surface area contributed by atoms with Crippen molar-refractivity contribution in [3.05, 3.63) is 40.3 Å². The molecule has 2 aromatic rings. The molecule has 7 nitrogen and oxygen atoms in total. The number of anilines is 1. The molecule has 0 unspecified atom stereocenters. The molecule has 156 valence electrons. The molecular weight excluding hydrogens is 409 g/mol. The van der Waals surface area contributed by atoms with E-state index in [9.17, 15) is 18.0 Å². The highest BCUT2D eigenvalue weighted by Crippen LogP contribution is 2.35. The molecule has 1 N–H and O–H groups in total. The van der Waals surface area contributed by atoms with Gasteiger partial charge >= 0.3 is 12.1 Å². The van der Waals surface area contributed by atoms with Gasteiger partial charge in [0.2, 0.25) is 5.95 Å². The van der Waals surface area contributed by atoms with Crippen LogP contribution in [0, 0.1) is 6.92 Å². The normalized spacial score (nSPS) is 20.8. The Morgan fingerprint density at radius 1 is 1.17 bits per heavy atom. The molecule has 0 aliphatic carbocycles. The lowest BCUT2D eigenvalue weighted by atomic mass is 10.1. The van der Waals surface area contributed by atoms with Gasteiger partial charge in [-0.1, -0.05) is 0 Å².